The first kappa shape index (κ1) is 7.96. The molecule has 0 aromatic carbocycles. The maximum Gasteiger partial charge on any atom is 0.133 e. The van der Waals surface area contributed by atoms with Crippen LogP contribution < -0.4 is 0 Å². The average Bonchev–Trinajstić information content (AvgIpc) is 2.31. The molecule has 0 aromatic heterocycles. The van der Waals surface area contributed by atoms with E-state index in [1.165, 1.54) is 0 Å². The fourth-order valence-electron chi connectivity index (χ4n) is 2.49. The predicted molar refractivity (Wildman–Crippen MR) is 44.7 cm³/mol. The van der Waals surface area contributed by atoms with Gasteiger partial charge in [0.15, 0.2) is 0 Å². The minimum Gasteiger partial charge on any atom is -0.300 e. The summed E-state index contributed by atoms with van der Waals surface area (Å²) in [5, 5.41) is 0. The molecule has 0 aromatic rings. The Bertz CT molecular complexity index is 198. The molecule has 2 nitrogen and oxygen atoms in total. The highest BCUT2D eigenvalue weighted by Crippen LogP contribution is 2.38. The maximum absolute atomic E-state index is 11.1. The number of Topliss-reactive ketones (excluding diaryl/α,β-unsaturated/α-hetero) is 2. The van der Waals surface area contributed by atoms with E-state index >= 15 is 0 Å². The van der Waals surface area contributed by atoms with E-state index in [2.05, 4.69) is 0 Å². The van der Waals surface area contributed by atoms with Crippen molar-refractivity contribution in [2.75, 3.05) is 0 Å². The van der Waals surface area contributed by atoms with Gasteiger partial charge in [-0.1, -0.05) is 0 Å². The van der Waals surface area contributed by atoms with Crippen molar-refractivity contribution in [1.29, 1.82) is 0 Å². The third-order valence-electron chi connectivity index (χ3n) is 3.23. The van der Waals surface area contributed by atoms with Crippen molar-refractivity contribution >= 4 is 11.6 Å². The molecule has 12 heavy (non-hydrogen) atoms. The Kier molecular flexibility index (Phi) is 1.99. The van der Waals surface area contributed by atoms with Crippen molar-refractivity contribution < 1.29 is 9.59 Å². The minimum atomic E-state index is 0.400. The fourth-order valence-corrected chi connectivity index (χ4v) is 2.49. The Balaban J connectivity index is 2.04. The molecule has 0 heterocycles. The van der Waals surface area contributed by atoms with Crippen LogP contribution in [-0.4, -0.2) is 11.6 Å². The zero-order valence-electron chi connectivity index (χ0n) is 7.21. The second-order valence-corrected chi connectivity index (χ2v) is 4.08. The van der Waals surface area contributed by atoms with Crippen LogP contribution >= 0.6 is 0 Å². The summed E-state index contributed by atoms with van der Waals surface area (Å²) in [7, 11) is 0. The van der Waals surface area contributed by atoms with Crippen molar-refractivity contribution in [2.45, 2.75) is 38.5 Å². The second kappa shape index (κ2) is 3.00. The lowest BCUT2D eigenvalue weighted by Crippen LogP contribution is -2.04. The molecule has 0 radical (unpaired) electrons. The van der Waals surface area contributed by atoms with Crippen LogP contribution in [0.15, 0.2) is 0 Å². The summed E-state index contributed by atoms with van der Waals surface area (Å²) in [5.41, 5.74) is 0. The largest absolute Gasteiger partial charge is 0.300 e. The van der Waals surface area contributed by atoms with Gasteiger partial charge in [0, 0.05) is 25.7 Å². The SMILES string of the molecule is O=C1CCC2CC(=O)CC2CC1. The molecule has 0 amide bonds. The van der Waals surface area contributed by atoms with Gasteiger partial charge in [-0.2, -0.15) is 0 Å². The second-order valence-electron chi connectivity index (χ2n) is 4.08. The Hall–Kier alpha value is -0.660. The van der Waals surface area contributed by atoms with E-state index < -0.39 is 0 Å². The first-order valence-electron chi connectivity index (χ1n) is 4.79. The summed E-state index contributed by atoms with van der Waals surface area (Å²) in [5.74, 6) is 1.91. The van der Waals surface area contributed by atoms with Crippen molar-refractivity contribution in [3.8, 4) is 0 Å². The normalized spacial score (nSPS) is 36.3. The van der Waals surface area contributed by atoms with Gasteiger partial charge < -0.3 is 0 Å². The van der Waals surface area contributed by atoms with E-state index in [-0.39, 0.29) is 0 Å². The topological polar surface area (TPSA) is 34.1 Å². The van der Waals surface area contributed by atoms with Gasteiger partial charge in [0.2, 0.25) is 0 Å². The standard InChI is InChI=1S/C10H14O2/c11-9-3-1-7-5-10(12)6-8(7)2-4-9/h7-8H,1-6H2. The van der Waals surface area contributed by atoms with Crippen LogP contribution in [0.2, 0.25) is 0 Å². The average molecular weight is 166 g/mol. The number of hydrogen-bond donors (Lipinski definition) is 0. The van der Waals surface area contributed by atoms with Gasteiger partial charge >= 0.3 is 0 Å². The molecule has 0 spiro atoms. The van der Waals surface area contributed by atoms with Gasteiger partial charge in [-0.25, -0.2) is 0 Å². The van der Waals surface area contributed by atoms with E-state index in [1.54, 1.807) is 0 Å². The van der Waals surface area contributed by atoms with E-state index in [1.807, 2.05) is 0 Å². The highest BCUT2D eigenvalue weighted by molar-refractivity contribution is 5.83. The quantitative estimate of drug-likeness (QED) is 0.549. The zero-order valence-corrected chi connectivity index (χ0v) is 7.21. The van der Waals surface area contributed by atoms with Gasteiger partial charge in [0.05, 0.1) is 0 Å². The lowest BCUT2D eigenvalue weighted by molar-refractivity contribution is -0.120. The fraction of sp³-hybridized carbons (Fsp3) is 0.800. The summed E-state index contributed by atoms with van der Waals surface area (Å²) in [6.45, 7) is 0. The molecular formula is C10H14O2. The Labute approximate surface area is 72.3 Å². The van der Waals surface area contributed by atoms with E-state index in [4.69, 9.17) is 0 Å². The molecule has 2 aliphatic rings. The summed E-state index contributed by atoms with van der Waals surface area (Å²) in [6.07, 6.45) is 4.86. The molecule has 2 aliphatic carbocycles. The Morgan fingerprint density at radius 2 is 1.33 bits per heavy atom. The number of hydrogen-bond acceptors (Lipinski definition) is 2. The lowest BCUT2D eigenvalue weighted by Gasteiger charge is -2.12. The zero-order chi connectivity index (χ0) is 8.55. The molecule has 2 saturated carbocycles. The molecule has 66 valence electrons. The highest BCUT2D eigenvalue weighted by atomic mass is 16.1. The molecule has 2 heteroatoms. The monoisotopic (exact) mass is 166 g/mol. The van der Waals surface area contributed by atoms with Gasteiger partial charge in [0.25, 0.3) is 0 Å². The number of rotatable bonds is 0. The lowest BCUT2D eigenvalue weighted by atomic mass is 9.92. The third-order valence-corrected chi connectivity index (χ3v) is 3.23. The summed E-state index contributed by atoms with van der Waals surface area (Å²) < 4.78 is 0. The van der Waals surface area contributed by atoms with Crippen LogP contribution in [0, 0.1) is 11.8 Å². The molecule has 0 aliphatic heterocycles. The molecule has 2 unspecified atom stereocenters. The van der Waals surface area contributed by atoms with Crippen LogP contribution in [0.5, 0.6) is 0 Å². The van der Waals surface area contributed by atoms with E-state index in [0.717, 1.165) is 25.7 Å². The van der Waals surface area contributed by atoms with Gasteiger partial charge in [-0.05, 0) is 24.7 Å². The van der Waals surface area contributed by atoms with Crippen LogP contribution in [0.1, 0.15) is 38.5 Å². The molecule has 2 fully saturated rings. The van der Waals surface area contributed by atoms with Crippen LogP contribution in [0.3, 0.4) is 0 Å². The third kappa shape index (κ3) is 1.43. The van der Waals surface area contributed by atoms with Gasteiger partial charge in [-0.15, -0.1) is 0 Å². The number of carbonyl (C=O) groups excluding carboxylic acids is 2. The maximum atomic E-state index is 11.1. The molecule has 0 bridgehead atoms. The Morgan fingerprint density at radius 1 is 0.833 bits per heavy atom. The molecule has 2 rings (SSSR count). The first-order valence-corrected chi connectivity index (χ1v) is 4.79. The van der Waals surface area contributed by atoms with Crippen LogP contribution in [0.4, 0.5) is 0 Å². The van der Waals surface area contributed by atoms with E-state index in [9.17, 15) is 9.59 Å². The summed E-state index contributed by atoms with van der Waals surface area (Å²) >= 11 is 0. The molecule has 0 N–H and O–H groups in total. The van der Waals surface area contributed by atoms with Crippen molar-refractivity contribution in [3.63, 3.8) is 0 Å². The van der Waals surface area contributed by atoms with E-state index in [0.29, 0.717) is 36.2 Å². The van der Waals surface area contributed by atoms with Crippen LogP contribution in [0.25, 0.3) is 0 Å². The molecular weight excluding hydrogens is 152 g/mol. The van der Waals surface area contributed by atoms with Crippen LogP contribution in [-0.2, 0) is 9.59 Å². The summed E-state index contributed by atoms with van der Waals surface area (Å²) in [6, 6.07) is 0. The number of ketones is 2. The smallest absolute Gasteiger partial charge is 0.133 e. The first-order chi connectivity index (χ1) is 5.75. The number of carbonyl (C=O) groups is 2. The summed E-state index contributed by atoms with van der Waals surface area (Å²) in [4.78, 5) is 22.2. The van der Waals surface area contributed by atoms with Crippen molar-refractivity contribution in [3.05, 3.63) is 0 Å². The van der Waals surface area contributed by atoms with Crippen molar-refractivity contribution in [2.24, 2.45) is 11.8 Å². The molecule has 2 atom stereocenters. The van der Waals surface area contributed by atoms with Gasteiger partial charge in [-0.3, -0.25) is 9.59 Å². The predicted octanol–water partition coefficient (Wildman–Crippen LogP) is 1.72. The molecule has 0 saturated heterocycles. The number of fused-ring (bicyclic) bond motifs is 1. The van der Waals surface area contributed by atoms with Crippen molar-refractivity contribution in [1.82, 2.24) is 0 Å². The Morgan fingerprint density at radius 3 is 1.83 bits per heavy atom. The highest BCUT2D eigenvalue weighted by Gasteiger charge is 2.34. The minimum absolute atomic E-state index is 0.400. The van der Waals surface area contributed by atoms with Gasteiger partial charge in [0.1, 0.15) is 11.6 Å².